The van der Waals surface area contributed by atoms with Crippen LogP contribution in [0.4, 0.5) is 17.1 Å². The third-order valence-corrected chi connectivity index (χ3v) is 5.06. The Hall–Kier alpha value is -3.36. The quantitative estimate of drug-likeness (QED) is 0.472. The zero-order chi connectivity index (χ0) is 21.1. The summed E-state index contributed by atoms with van der Waals surface area (Å²) in [7, 11) is 0. The maximum absolute atomic E-state index is 12.6. The minimum atomic E-state index is -0.490. The van der Waals surface area contributed by atoms with E-state index < -0.39 is 10.8 Å². The van der Waals surface area contributed by atoms with Crippen molar-refractivity contribution in [3.8, 4) is 11.3 Å². The highest BCUT2D eigenvalue weighted by Gasteiger charge is 2.20. The van der Waals surface area contributed by atoms with Crippen molar-refractivity contribution in [1.29, 1.82) is 0 Å². The van der Waals surface area contributed by atoms with Crippen LogP contribution in [-0.2, 0) is 4.74 Å². The van der Waals surface area contributed by atoms with Crippen molar-refractivity contribution in [3.63, 3.8) is 0 Å². The lowest BCUT2D eigenvalue weighted by Crippen LogP contribution is -2.36. The third kappa shape index (κ3) is 4.14. The van der Waals surface area contributed by atoms with Crippen molar-refractivity contribution in [2.75, 3.05) is 36.5 Å². The summed E-state index contributed by atoms with van der Waals surface area (Å²) >= 11 is 6.40. The van der Waals surface area contributed by atoms with Crippen molar-refractivity contribution in [2.45, 2.75) is 0 Å². The average molecular weight is 428 g/mol. The van der Waals surface area contributed by atoms with Gasteiger partial charge in [-0.25, -0.2) is 0 Å². The summed E-state index contributed by atoms with van der Waals surface area (Å²) in [4.78, 5) is 25.4. The molecule has 4 rings (SSSR count). The van der Waals surface area contributed by atoms with Crippen molar-refractivity contribution in [2.24, 2.45) is 0 Å². The maximum atomic E-state index is 12.6. The molecule has 154 valence electrons. The van der Waals surface area contributed by atoms with Crippen LogP contribution in [0.2, 0.25) is 5.02 Å². The van der Waals surface area contributed by atoms with Gasteiger partial charge >= 0.3 is 0 Å². The lowest BCUT2D eigenvalue weighted by Gasteiger charge is -2.29. The Morgan fingerprint density at radius 1 is 1.10 bits per heavy atom. The number of nitrogens with one attached hydrogen (secondary N) is 1. The van der Waals surface area contributed by atoms with Crippen molar-refractivity contribution < 1.29 is 18.9 Å². The molecular formula is C21H18ClN3O5. The lowest BCUT2D eigenvalue weighted by molar-refractivity contribution is -0.384. The Morgan fingerprint density at radius 2 is 1.87 bits per heavy atom. The molecule has 30 heavy (non-hydrogen) atoms. The molecule has 2 aromatic carbocycles. The number of nitrogens with zero attached hydrogens (tertiary/aromatic N) is 2. The van der Waals surface area contributed by atoms with E-state index in [2.05, 4.69) is 10.2 Å². The third-order valence-electron chi connectivity index (χ3n) is 4.75. The molecule has 1 aromatic heterocycles. The molecule has 0 aliphatic carbocycles. The second kappa shape index (κ2) is 8.56. The van der Waals surface area contributed by atoms with Crippen molar-refractivity contribution >= 4 is 34.6 Å². The second-order valence-corrected chi connectivity index (χ2v) is 7.07. The predicted molar refractivity (Wildman–Crippen MR) is 113 cm³/mol. The fourth-order valence-corrected chi connectivity index (χ4v) is 3.58. The van der Waals surface area contributed by atoms with Gasteiger partial charge in [0.05, 0.1) is 34.4 Å². The van der Waals surface area contributed by atoms with E-state index >= 15 is 0 Å². The number of hydrogen-bond donors (Lipinski definition) is 1. The highest BCUT2D eigenvalue weighted by molar-refractivity contribution is 6.33. The number of benzene rings is 2. The summed E-state index contributed by atoms with van der Waals surface area (Å²) < 4.78 is 10.9. The van der Waals surface area contributed by atoms with Gasteiger partial charge in [-0.2, -0.15) is 0 Å². The second-order valence-electron chi connectivity index (χ2n) is 6.66. The molecule has 9 heteroatoms. The van der Waals surface area contributed by atoms with Gasteiger partial charge in [-0.05, 0) is 36.4 Å². The standard InChI is InChI=1S/C21H18ClN3O5/c22-16-13-14(5-6-18(16)24-9-11-29-12-10-24)23-21(26)20-8-7-19(30-20)15-3-1-2-4-17(15)25(27)28/h1-8,13H,9-12H2,(H,23,26). The Bertz CT molecular complexity index is 1090. The van der Waals surface area contributed by atoms with Gasteiger partial charge < -0.3 is 19.4 Å². The number of hydrogen-bond acceptors (Lipinski definition) is 6. The number of para-hydroxylation sites is 1. The predicted octanol–water partition coefficient (Wildman–Crippen LogP) is 4.60. The highest BCUT2D eigenvalue weighted by atomic mass is 35.5. The first-order valence-corrected chi connectivity index (χ1v) is 9.68. The summed E-state index contributed by atoms with van der Waals surface area (Å²) in [6.45, 7) is 2.81. The molecule has 0 unspecified atom stereocenters. The van der Waals surface area contributed by atoms with Gasteiger partial charge in [0.15, 0.2) is 5.76 Å². The molecule has 1 aliphatic heterocycles. The number of furan rings is 1. The minimum Gasteiger partial charge on any atom is -0.451 e. The van der Waals surface area contributed by atoms with E-state index in [1.807, 2.05) is 6.07 Å². The molecule has 1 N–H and O–H groups in total. The smallest absolute Gasteiger partial charge is 0.291 e. The molecule has 1 fully saturated rings. The first kappa shape index (κ1) is 19.9. The van der Waals surface area contributed by atoms with Crippen LogP contribution in [-0.4, -0.2) is 37.1 Å². The molecule has 0 saturated carbocycles. The van der Waals surface area contributed by atoms with Crippen LogP contribution in [0.5, 0.6) is 0 Å². The zero-order valence-corrected chi connectivity index (χ0v) is 16.6. The molecule has 2 heterocycles. The summed E-state index contributed by atoms with van der Waals surface area (Å²) in [5, 5.41) is 14.5. The van der Waals surface area contributed by atoms with Gasteiger partial charge in [0.2, 0.25) is 0 Å². The summed E-state index contributed by atoms with van der Waals surface area (Å²) in [6, 6.07) is 14.5. The fourth-order valence-electron chi connectivity index (χ4n) is 3.28. The largest absolute Gasteiger partial charge is 0.451 e. The number of ether oxygens (including phenoxy) is 1. The topological polar surface area (TPSA) is 97.9 Å². The van der Waals surface area contributed by atoms with E-state index in [0.717, 1.165) is 18.8 Å². The highest BCUT2D eigenvalue weighted by Crippen LogP contribution is 2.32. The number of nitro benzene ring substituents is 1. The maximum Gasteiger partial charge on any atom is 0.291 e. The van der Waals surface area contributed by atoms with Gasteiger partial charge in [-0.15, -0.1) is 0 Å². The van der Waals surface area contributed by atoms with Crippen LogP contribution >= 0.6 is 11.6 Å². The molecule has 0 atom stereocenters. The molecule has 3 aromatic rings. The van der Waals surface area contributed by atoms with Crippen LogP contribution in [0.25, 0.3) is 11.3 Å². The number of nitro groups is 1. The lowest BCUT2D eigenvalue weighted by atomic mass is 10.1. The Kier molecular flexibility index (Phi) is 5.69. The monoisotopic (exact) mass is 427 g/mol. The Balaban J connectivity index is 1.50. The van der Waals surface area contributed by atoms with E-state index in [1.165, 1.54) is 18.2 Å². The van der Waals surface area contributed by atoms with Crippen molar-refractivity contribution in [3.05, 3.63) is 75.5 Å². The van der Waals surface area contributed by atoms with Crippen LogP contribution in [0.3, 0.4) is 0 Å². The van der Waals surface area contributed by atoms with Crippen LogP contribution in [0.1, 0.15) is 10.6 Å². The number of anilines is 2. The number of amides is 1. The molecule has 1 aliphatic rings. The van der Waals surface area contributed by atoms with E-state index in [4.69, 9.17) is 20.8 Å². The molecular weight excluding hydrogens is 410 g/mol. The van der Waals surface area contributed by atoms with Gasteiger partial charge in [-0.1, -0.05) is 23.7 Å². The van der Waals surface area contributed by atoms with E-state index in [1.54, 1.807) is 30.3 Å². The van der Waals surface area contributed by atoms with Crippen molar-refractivity contribution in [1.82, 2.24) is 0 Å². The number of carbonyl (C=O) groups excluding carboxylic acids is 1. The van der Waals surface area contributed by atoms with Gasteiger partial charge in [0, 0.05) is 24.8 Å². The van der Waals surface area contributed by atoms with E-state index in [-0.39, 0.29) is 17.2 Å². The van der Waals surface area contributed by atoms with Crippen LogP contribution < -0.4 is 10.2 Å². The SMILES string of the molecule is O=C(Nc1ccc(N2CCOCC2)c(Cl)c1)c1ccc(-c2ccccc2[N+](=O)[O-])o1. The molecule has 0 bridgehead atoms. The normalized spacial score (nSPS) is 13.8. The van der Waals surface area contributed by atoms with Gasteiger partial charge in [0.1, 0.15) is 5.76 Å². The first-order valence-electron chi connectivity index (χ1n) is 9.30. The molecule has 0 radical (unpaired) electrons. The summed E-state index contributed by atoms with van der Waals surface area (Å²) in [6.07, 6.45) is 0. The molecule has 1 amide bonds. The minimum absolute atomic E-state index is 0.0385. The average Bonchev–Trinajstić information content (AvgIpc) is 3.25. The number of carbonyl (C=O) groups is 1. The first-order chi connectivity index (χ1) is 14.5. The van der Waals surface area contributed by atoms with E-state index in [0.29, 0.717) is 29.5 Å². The van der Waals surface area contributed by atoms with Gasteiger partial charge in [0.25, 0.3) is 11.6 Å². The fraction of sp³-hybridized carbons (Fsp3) is 0.190. The van der Waals surface area contributed by atoms with E-state index in [9.17, 15) is 14.9 Å². The summed E-state index contributed by atoms with van der Waals surface area (Å²) in [5.74, 6) is -0.195. The Labute approximate surface area is 177 Å². The van der Waals surface area contributed by atoms with Crippen LogP contribution in [0.15, 0.2) is 59.0 Å². The molecule has 0 spiro atoms. The Morgan fingerprint density at radius 3 is 2.60 bits per heavy atom. The number of morpholine rings is 1. The molecule has 1 saturated heterocycles. The van der Waals surface area contributed by atoms with Gasteiger partial charge in [-0.3, -0.25) is 14.9 Å². The number of halogens is 1. The summed E-state index contributed by atoms with van der Waals surface area (Å²) in [5.41, 5.74) is 1.61. The zero-order valence-electron chi connectivity index (χ0n) is 15.8. The molecule has 8 nitrogen and oxygen atoms in total. The number of rotatable bonds is 5. The van der Waals surface area contributed by atoms with Crippen LogP contribution in [0, 0.1) is 10.1 Å².